The van der Waals surface area contributed by atoms with Gasteiger partial charge in [-0.25, -0.2) is 4.79 Å². The Morgan fingerprint density at radius 3 is 2.62 bits per heavy atom. The van der Waals surface area contributed by atoms with Crippen molar-refractivity contribution in [3.63, 3.8) is 0 Å². The number of piperidine rings is 1. The van der Waals surface area contributed by atoms with Gasteiger partial charge in [-0.2, -0.15) is 0 Å². The Balaban J connectivity index is 1.68. The zero-order chi connectivity index (χ0) is 17.4. The van der Waals surface area contributed by atoms with E-state index in [-0.39, 0.29) is 18.5 Å². The minimum Gasteiger partial charge on any atom is -0.379 e. The van der Waals surface area contributed by atoms with Crippen molar-refractivity contribution in [1.29, 1.82) is 0 Å². The number of hydrogen-bond donors (Lipinski definition) is 2. The third kappa shape index (κ3) is 6.65. The molecule has 0 saturated carbocycles. The standard InChI is InChI=1S/C17H32N4O3/c1-14(2)10-18-16(22)11-19-17(23)21-5-3-4-15(13-21)12-20-6-8-24-9-7-20/h14-15H,3-13H2,1-2H3,(H,18,22)(H,19,23). The molecule has 0 aromatic heterocycles. The first-order valence-corrected chi connectivity index (χ1v) is 9.14. The van der Waals surface area contributed by atoms with Crippen LogP contribution in [0.4, 0.5) is 4.79 Å². The predicted octanol–water partition coefficient (Wildman–Crippen LogP) is 0.512. The van der Waals surface area contributed by atoms with Crippen LogP contribution in [0, 0.1) is 11.8 Å². The van der Waals surface area contributed by atoms with E-state index in [1.165, 1.54) is 0 Å². The molecule has 138 valence electrons. The molecule has 2 N–H and O–H groups in total. The first-order chi connectivity index (χ1) is 11.5. The van der Waals surface area contributed by atoms with Gasteiger partial charge in [0.05, 0.1) is 19.8 Å². The number of rotatable bonds is 6. The number of ether oxygens (including phenoxy) is 1. The molecule has 2 rings (SSSR count). The van der Waals surface area contributed by atoms with Gasteiger partial charge in [0.2, 0.25) is 5.91 Å². The molecule has 3 amide bonds. The van der Waals surface area contributed by atoms with E-state index < -0.39 is 0 Å². The summed E-state index contributed by atoms with van der Waals surface area (Å²) in [5, 5.41) is 5.55. The third-order valence-electron chi connectivity index (χ3n) is 4.53. The van der Waals surface area contributed by atoms with Crippen LogP contribution >= 0.6 is 0 Å². The van der Waals surface area contributed by atoms with Crippen LogP contribution in [0.2, 0.25) is 0 Å². The van der Waals surface area contributed by atoms with Crippen molar-refractivity contribution in [1.82, 2.24) is 20.4 Å². The molecule has 2 saturated heterocycles. The normalized spacial score (nSPS) is 22.5. The minimum absolute atomic E-state index is 0.0518. The average Bonchev–Trinajstić information content (AvgIpc) is 2.59. The zero-order valence-electron chi connectivity index (χ0n) is 15.1. The smallest absolute Gasteiger partial charge is 0.317 e. The lowest BCUT2D eigenvalue weighted by atomic mass is 9.97. The Morgan fingerprint density at radius 1 is 1.17 bits per heavy atom. The number of carbonyl (C=O) groups excluding carboxylic acids is 2. The van der Waals surface area contributed by atoms with Crippen molar-refractivity contribution in [3.05, 3.63) is 0 Å². The highest BCUT2D eigenvalue weighted by molar-refractivity contribution is 5.83. The van der Waals surface area contributed by atoms with Gasteiger partial charge in [-0.1, -0.05) is 13.8 Å². The average molecular weight is 340 g/mol. The van der Waals surface area contributed by atoms with Crippen LogP contribution in [-0.4, -0.2) is 80.8 Å². The number of nitrogens with zero attached hydrogens (tertiary/aromatic N) is 2. The highest BCUT2D eigenvalue weighted by Gasteiger charge is 2.25. The summed E-state index contributed by atoms with van der Waals surface area (Å²) in [5.41, 5.74) is 0. The van der Waals surface area contributed by atoms with Crippen LogP contribution in [-0.2, 0) is 9.53 Å². The van der Waals surface area contributed by atoms with E-state index in [0.717, 1.165) is 58.8 Å². The maximum absolute atomic E-state index is 12.3. The summed E-state index contributed by atoms with van der Waals surface area (Å²) in [6.07, 6.45) is 2.19. The molecule has 2 aliphatic rings. The molecule has 2 heterocycles. The van der Waals surface area contributed by atoms with E-state index in [9.17, 15) is 9.59 Å². The van der Waals surface area contributed by atoms with Crippen molar-refractivity contribution in [2.75, 3.05) is 59.0 Å². The van der Waals surface area contributed by atoms with Gasteiger partial charge in [-0.15, -0.1) is 0 Å². The fraction of sp³-hybridized carbons (Fsp3) is 0.882. The second-order valence-corrected chi connectivity index (χ2v) is 7.22. The maximum Gasteiger partial charge on any atom is 0.317 e. The van der Waals surface area contributed by atoms with Gasteiger partial charge >= 0.3 is 6.03 Å². The molecule has 7 heteroatoms. The molecule has 0 spiro atoms. The van der Waals surface area contributed by atoms with Crippen LogP contribution in [0.15, 0.2) is 0 Å². The highest BCUT2D eigenvalue weighted by Crippen LogP contribution is 2.18. The highest BCUT2D eigenvalue weighted by atomic mass is 16.5. The summed E-state index contributed by atoms with van der Waals surface area (Å²) in [6, 6.07) is -0.124. The lowest BCUT2D eigenvalue weighted by Gasteiger charge is -2.36. The largest absolute Gasteiger partial charge is 0.379 e. The molecule has 0 aromatic rings. The van der Waals surface area contributed by atoms with E-state index in [2.05, 4.69) is 15.5 Å². The van der Waals surface area contributed by atoms with Crippen molar-refractivity contribution >= 4 is 11.9 Å². The molecule has 1 atom stereocenters. The van der Waals surface area contributed by atoms with Gasteiger partial charge in [-0.3, -0.25) is 9.69 Å². The summed E-state index contributed by atoms with van der Waals surface area (Å²) in [4.78, 5) is 28.3. The van der Waals surface area contributed by atoms with Crippen molar-refractivity contribution in [2.45, 2.75) is 26.7 Å². The Kier molecular flexibility index (Phi) is 7.78. The van der Waals surface area contributed by atoms with Crippen LogP contribution in [0.1, 0.15) is 26.7 Å². The monoisotopic (exact) mass is 340 g/mol. The maximum atomic E-state index is 12.3. The van der Waals surface area contributed by atoms with Crippen molar-refractivity contribution < 1.29 is 14.3 Å². The second kappa shape index (κ2) is 9.84. The fourth-order valence-electron chi connectivity index (χ4n) is 3.20. The first-order valence-electron chi connectivity index (χ1n) is 9.14. The van der Waals surface area contributed by atoms with Gasteiger partial charge in [0.25, 0.3) is 0 Å². The topological polar surface area (TPSA) is 73.9 Å². The molecule has 24 heavy (non-hydrogen) atoms. The quantitative estimate of drug-likeness (QED) is 0.739. The van der Waals surface area contributed by atoms with E-state index in [1.54, 1.807) is 0 Å². The number of urea groups is 1. The first kappa shape index (κ1) is 19.0. The molecule has 0 aliphatic carbocycles. The van der Waals surface area contributed by atoms with Gasteiger partial charge in [0.1, 0.15) is 0 Å². The summed E-state index contributed by atoms with van der Waals surface area (Å²) in [6.45, 7) is 10.9. The van der Waals surface area contributed by atoms with Crippen molar-refractivity contribution in [3.8, 4) is 0 Å². The van der Waals surface area contributed by atoms with Gasteiger partial charge in [-0.05, 0) is 24.7 Å². The molecule has 0 radical (unpaired) electrons. The van der Waals surface area contributed by atoms with E-state index in [4.69, 9.17) is 4.74 Å². The second-order valence-electron chi connectivity index (χ2n) is 7.22. The van der Waals surface area contributed by atoms with Crippen molar-refractivity contribution in [2.24, 2.45) is 11.8 Å². The Bertz CT molecular complexity index is 411. The molecule has 7 nitrogen and oxygen atoms in total. The molecule has 2 fully saturated rings. The summed E-state index contributed by atoms with van der Waals surface area (Å²) in [7, 11) is 0. The Labute approximate surface area is 145 Å². The Morgan fingerprint density at radius 2 is 1.92 bits per heavy atom. The third-order valence-corrected chi connectivity index (χ3v) is 4.53. The van der Waals surface area contributed by atoms with Gasteiger partial charge in [0, 0.05) is 39.3 Å². The van der Waals surface area contributed by atoms with Crippen LogP contribution < -0.4 is 10.6 Å². The summed E-state index contributed by atoms with van der Waals surface area (Å²) >= 11 is 0. The predicted molar refractivity (Wildman–Crippen MR) is 92.8 cm³/mol. The lowest BCUT2D eigenvalue weighted by Crippen LogP contribution is -2.50. The number of morpholine rings is 1. The molecule has 1 unspecified atom stereocenters. The SMILES string of the molecule is CC(C)CNC(=O)CNC(=O)N1CCCC(CN2CCOCC2)C1. The van der Waals surface area contributed by atoms with E-state index >= 15 is 0 Å². The van der Waals surface area contributed by atoms with Gasteiger partial charge in [0.15, 0.2) is 0 Å². The number of amides is 3. The van der Waals surface area contributed by atoms with E-state index in [0.29, 0.717) is 18.4 Å². The van der Waals surface area contributed by atoms with Crippen LogP contribution in [0.5, 0.6) is 0 Å². The fourth-order valence-corrected chi connectivity index (χ4v) is 3.20. The number of nitrogens with one attached hydrogen (secondary N) is 2. The lowest BCUT2D eigenvalue weighted by molar-refractivity contribution is -0.120. The molecular weight excluding hydrogens is 308 g/mol. The number of hydrogen-bond acceptors (Lipinski definition) is 4. The van der Waals surface area contributed by atoms with Gasteiger partial charge < -0.3 is 20.3 Å². The number of carbonyl (C=O) groups is 2. The number of likely N-dealkylation sites (tertiary alicyclic amines) is 1. The van der Waals surface area contributed by atoms with E-state index in [1.807, 2.05) is 18.7 Å². The Hall–Kier alpha value is -1.34. The minimum atomic E-state index is -0.126. The molecule has 0 bridgehead atoms. The molecular formula is C17H32N4O3. The molecule has 0 aromatic carbocycles. The summed E-state index contributed by atoms with van der Waals surface area (Å²) in [5.74, 6) is 0.795. The van der Waals surface area contributed by atoms with Crippen LogP contribution in [0.3, 0.4) is 0 Å². The zero-order valence-corrected chi connectivity index (χ0v) is 15.1. The molecule has 2 aliphatic heterocycles. The van der Waals surface area contributed by atoms with Crippen LogP contribution in [0.25, 0.3) is 0 Å². The summed E-state index contributed by atoms with van der Waals surface area (Å²) < 4.78 is 5.38.